The molecule has 4 nitrogen and oxygen atoms in total. The summed E-state index contributed by atoms with van der Waals surface area (Å²) in [6.45, 7) is 5.68. The van der Waals surface area contributed by atoms with E-state index < -0.39 is 0 Å². The van der Waals surface area contributed by atoms with Gasteiger partial charge in [-0.2, -0.15) is 0 Å². The van der Waals surface area contributed by atoms with Gasteiger partial charge in [-0.15, -0.1) is 0 Å². The molecular weight excluding hydrogens is 248 g/mol. The lowest BCUT2D eigenvalue weighted by Gasteiger charge is -2.19. The smallest absolute Gasteiger partial charge is 0.128 e. The first-order valence-corrected chi connectivity index (χ1v) is 6.85. The van der Waals surface area contributed by atoms with Crippen LogP contribution in [0, 0.1) is 13.8 Å². The second-order valence-corrected chi connectivity index (χ2v) is 5.07. The minimum atomic E-state index is 0.763. The van der Waals surface area contributed by atoms with Crippen molar-refractivity contribution in [3.8, 4) is 0 Å². The number of aromatic nitrogens is 2. The number of rotatable bonds is 5. The summed E-state index contributed by atoms with van der Waals surface area (Å²) in [5.41, 5.74) is 4.41. The van der Waals surface area contributed by atoms with Crippen molar-refractivity contribution in [3.05, 3.63) is 53.0 Å². The Kier molecular flexibility index (Phi) is 4.69. The second kappa shape index (κ2) is 6.48. The lowest BCUT2D eigenvalue weighted by atomic mass is 10.2. The monoisotopic (exact) mass is 270 g/mol. The van der Waals surface area contributed by atoms with Crippen LogP contribution < -0.4 is 10.2 Å². The summed E-state index contributed by atoms with van der Waals surface area (Å²) in [6, 6.07) is 10.3. The molecule has 0 aliphatic carbocycles. The van der Waals surface area contributed by atoms with Gasteiger partial charge in [0.1, 0.15) is 5.82 Å². The summed E-state index contributed by atoms with van der Waals surface area (Å²) in [7, 11) is 3.99. The molecule has 0 saturated heterocycles. The average Bonchev–Trinajstić information content (AvgIpc) is 2.41. The van der Waals surface area contributed by atoms with Crippen molar-refractivity contribution in [2.75, 3.05) is 19.0 Å². The van der Waals surface area contributed by atoms with Crippen LogP contribution in [0.4, 0.5) is 5.82 Å². The molecule has 0 aromatic carbocycles. The van der Waals surface area contributed by atoms with Gasteiger partial charge in [0.25, 0.3) is 0 Å². The Balaban J connectivity index is 2.13. The van der Waals surface area contributed by atoms with Crippen LogP contribution in [-0.2, 0) is 13.1 Å². The summed E-state index contributed by atoms with van der Waals surface area (Å²) in [6.07, 6.45) is 0. The largest absolute Gasteiger partial charge is 0.354 e. The van der Waals surface area contributed by atoms with Crippen LogP contribution >= 0.6 is 0 Å². The van der Waals surface area contributed by atoms with Crippen LogP contribution in [-0.4, -0.2) is 24.1 Å². The first-order valence-electron chi connectivity index (χ1n) is 6.85. The highest BCUT2D eigenvalue weighted by molar-refractivity contribution is 5.41. The van der Waals surface area contributed by atoms with Crippen LogP contribution in [0.3, 0.4) is 0 Å². The standard InChI is InChI=1S/C16H22N4/c1-12-6-5-7-15(18-12)11-20(4)16-9-8-14(10-17-3)13(2)19-16/h5-9,17H,10-11H2,1-4H3. The molecule has 0 atom stereocenters. The number of pyridine rings is 2. The van der Waals surface area contributed by atoms with Gasteiger partial charge in [-0.3, -0.25) is 4.98 Å². The van der Waals surface area contributed by atoms with Gasteiger partial charge < -0.3 is 10.2 Å². The molecule has 0 bridgehead atoms. The fourth-order valence-electron chi connectivity index (χ4n) is 2.18. The van der Waals surface area contributed by atoms with Crippen molar-refractivity contribution >= 4 is 5.82 Å². The van der Waals surface area contributed by atoms with Crippen LogP contribution in [0.15, 0.2) is 30.3 Å². The molecule has 0 amide bonds. The SMILES string of the molecule is CNCc1ccc(N(C)Cc2cccc(C)n2)nc1C. The quantitative estimate of drug-likeness (QED) is 0.906. The van der Waals surface area contributed by atoms with Gasteiger partial charge in [0.15, 0.2) is 0 Å². The van der Waals surface area contributed by atoms with E-state index >= 15 is 0 Å². The first-order chi connectivity index (χ1) is 9.60. The van der Waals surface area contributed by atoms with Crippen molar-refractivity contribution in [2.45, 2.75) is 26.9 Å². The lowest BCUT2D eigenvalue weighted by molar-refractivity contribution is 0.798. The van der Waals surface area contributed by atoms with Crippen LogP contribution in [0.2, 0.25) is 0 Å². The molecule has 1 N–H and O–H groups in total. The van der Waals surface area contributed by atoms with Gasteiger partial charge in [0, 0.05) is 25.0 Å². The highest BCUT2D eigenvalue weighted by Gasteiger charge is 2.07. The Morgan fingerprint density at radius 1 is 1.10 bits per heavy atom. The third kappa shape index (κ3) is 3.54. The molecule has 106 valence electrons. The Morgan fingerprint density at radius 2 is 1.90 bits per heavy atom. The predicted molar refractivity (Wildman–Crippen MR) is 82.8 cm³/mol. The summed E-state index contributed by atoms with van der Waals surface area (Å²) in [5, 5.41) is 3.16. The molecule has 2 heterocycles. The van der Waals surface area contributed by atoms with Gasteiger partial charge in [-0.25, -0.2) is 4.98 Å². The molecule has 0 unspecified atom stereocenters. The Bertz CT molecular complexity index is 580. The van der Waals surface area contributed by atoms with E-state index in [1.165, 1.54) is 5.56 Å². The summed E-state index contributed by atoms with van der Waals surface area (Å²) in [5.74, 6) is 0.977. The highest BCUT2D eigenvalue weighted by atomic mass is 15.2. The number of hydrogen-bond donors (Lipinski definition) is 1. The topological polar surface area (TPSA) is 41.0 Å². The fraction of sp³-hybridized carbons (Fsp3) is 0.375. The molecule has 20 heavy (non-hydrogen) atoms. The second-order valence-electron chi connectivity index (χ2n) is 5.07. The Morgan fingerprint density at radius 3 is 2.55 bits per heavy atom. The molecule has 0 saturated carbocycles. The predicted octanol–water partition coefficient (Wildman–Crippen LogP) is 2.45. The molecule has 0 fully saturated rings. The molecule has 0 aliphatic heterocycles. The van der Waals surface area contributed by atoms with E-state index in [0.29, 0.717) is 0 Å². The van der Waals surface area contributed by atoms with E-state index in [1.54, 1.807) is 0 Å². The highest BCUT2D eigenvalue weighted by Crippen LogP contribution is 2.15. The zero-order valence-corrected chi connectivity index (χ0v) is 12.6. The van der Waals surface area contributed by atoms with E-state index in [2.05, 4.69) is 39.2 Å². The number of hydrogen-bond acceptors (Lipinski definition) is 4. The van der Waals surface area contributed by atoms with Crippen molar-refractivity contribution < 1.29 is 0 Å². The summed E-state index contributed by atoms with van der Waals surface area (Å²) >= 11 is 0. The number of anilines is 1. The third-order valence-electron chi connectivity index (χ3n) is 3.28. The van der Waals surface area contributed by atoms with E-state index in [9.17, 15) is 0 Å². The maximum atomic E-state index is 4.67. The van der Waals surface area contributed by atoms with Crippen LogP contribution in [0.1, 0.15) is 22.6 Å². The first kappa shape index (κ1) is 14.5. The van der Waals surface area contributed by atoms with Crippen LogP contribution in [0.5, 0.6) is 0 Å². The number of nitrogens with zero attached hydrogens (tertiary/aromatic N) is 3. The van der Waals surface area contributed by atoms with E-state index in [0.717, 1.165) is 36.0 Å². The number of aryl methyl sites for hydroxylation is 2. The van der Waals surface area contributed by atoms with Gasteiger partial charge in [-0.1, -0.05) is 12.1 Å². The minimum Gasteiger partial charge on any atom is -0.354 e. The van der Waals surface area contributed by atoms with Crippen molar-refractivity contribution in [3.63, 3.8) is 0 Å². The maximum Gasteiger partial charge on any atom is 0.128 e. The summed E-state index contributed by atoms with van der Waals surface area (Å²) in [4.78, 5) is 11.3. The molecule has 0 aliphatic rings. The molecule has 0 spiro atoms. The minimum absolute atomic E-state index is 0.763. The van der Waals surface area contributed by atoms with E-state index in [-0.39, 0.29) is 0 Å². The molecule has 2 aromatic rings. The molecule has 2 aromatic heterocycles. The molecule has 2 rings (SSSR count). The maximum absolute atomic E-state index is 4.67. The van der Waals surface area contributed by atoms with Crippen LogP contribution in [0.25, 0.3) is 0 Å². The van der Waals surface area contributed by atoms with Crippen molar-refractivity contribution in [1.29, 1.82) is 0 Å². The normalized spacial score (nSPS) is 10.6. The lowest BCUT2D eigenvalue weighted by Crippen LogP contribution is -2.19. The molecule has 0 radical (unpaired) electrons. The van der Waals surface area contributed by atoms with Gasteiger partial charge in [0.2, 0.25) is 0 Å². The zero-order chi connectivity index (χ0) is 14.5. The Labute approximate surface area is 120 Å². The summed E-state index contributed by atoms with van der Waals surface area (Å²) < 4.78 is 0. The third-order valence-corrected chi connectivity index (χ3v) is 3.28. The van der Waals surface area contributed by atoms with Gasteiger partial charge in [0.05, 0.1) is 12.2 Å². The van der Waals surface area contributed by atoms with E-state index in [1.807, 2.05) is 39.2 Å². The molecular formula is C16H22N4. The molecule has 4 heteroatoms. The van der Waals surface area contributed by atoms with E-state index in [4.69, 9.17) is 0 Å². The van der Waals surface area contributed by atoms with Gasteiger partial charge in [-0.05, 0) is 44.7 Å². The van der Waals surface area contributed by atoms with Gasteiger partial charge >= 0.3 is 0 Å². The fourth-order valence-corrected chi connectivity index (χ4v) is 2.18. The van der Waals surface area contributed by atoms with Crippen molar-refractivity contribution in [2.24, 2.45) is 0 Å². The average molecular weight is 270 g/mol. The Hall–Kier alpha value is -1.94. The zero-order valence-electron chi connectivity index (χ0n) is 12.6. The van der Waals surface area contributed by atoms with Crippen molar-refractivity contribution in [1.82, 2.24) is 15.3 Å². The number of nitrogens with one attached hydrogen (secondary N) is 1.